The summed E-state index contributed by atoms with van der Waals surface area (Å²) in [6.07, 6.45) is 5.26. The van der Waals surface area contributed by atoms with Gasteiger partial charge in [-0.1, -0.05) is 39.7 Å². The van der Waals surface area contributed by atoms with Gasteiger partial charge in [0.05, 0.1) is 7.11 Å². The molecule has 0 spiro atoms. The van der Waals surface area contributed by atoms with Gasteiger partial charge in [-0.2, -0.15) is 0 Å². The van der Waals surface area contributed by atoms with E-state index in [9.17, 15) is 5.11 Å². The highest BCUT2D eigenvalue weighted by Crippen LogP contribution is 2.38. The second-order valence-electron chi connectivity index (χ2n) is 7.25. The maximum absolute atomic E-state index is 9.66. The standard InChI is InChI=1S/C18H29NO2/c1-18(2,3)14-7-5-6-8-15(14)19-12-13-9-10-16(20)17(11-13)21-4/h9-11,14-15,19-20H,5-8,12H2,1-4H3. The Morgan fingerprint density at radius 1 is 1.24 bits per heavy atom. The highest BCUT2D eigenvalue weighted by molar-refractivity contribution is 5.41. The molecule has 118 valence electrons. The molecule has 0 saturated heterocycles. The van der Waals surface area contributed by atoms with E-state index in [2.05, 4.69) is 26.1 Å². The zero-order valence-electron chi connectivity index (χ0n) is 13.8. The molecule has 21 heavy (non-hydrogen) atoms. The molecule has 1 aliphatic carbocycles. The molecule has 3 nitrogen and oxygen atoms in total. The number of phenolic OH excluding ortho intramolecular Hbond substituents is 1. The first-order valence-corrected chi connectivity index (χ1v) is 8.01. The van der Waals surface area contributed by atoms with E-state index in [0.717, 1.165) is 18.0 Å². The lowest BCUT2D eigenvalue weighted by Gasteiger charge is -2.41. The van der Waals surface area contributed by atoms with Gasteiger partial charge in [0.2, 0.25) is 0 Å². The Hall–Kier alpha value is -1.22. The van der Waals surface area contributed by atoms with Gasteiger partial charge in [0.25, 0.3) is 0 Å². The van der Waals surface area contributed by atoms with E-state index in [0.29, 0.717) is 17.2 Å². The third-order valence-electron chi connectivity index (χ3n) is 4.69. The molecule has 3 heteroatoms. The summed E-state index contributed by atoms with van der Waals surface area (Å²) >= 11 is 0. The molecule has 0 aliphatic heterocycles. The number of nitrogens with one attached hydrogen (secondary N) is 1. The maximum atomic E-state index is 9.66. The van der Waals surface area contributed by atoms with Gasteiger partial charge in [-0.15, -0.1) is 0 Å². The summed E-state index contributed by atoms with van der Waals surface area (Å²) in [6.45, 7) is 7.87. The molecule has 1 fully saturated rings. The number of ether oxygens (including phenoxy) is 1. The Morgan fingerprint density at radius 3 is 2.62 bits per heavy atom. The Bertz CT molecular complexity index is 465. The van der Waals surface area contributed by atoms with Crippen LogP contribution in [-0.4, -0.2) is 18.3 Å². The fourth-order valence-corrected chi connectivity index (χ4v) is 3.49. The summed E-state index contributed by atoms with van der Waals surface area (Å²) in [5, 5.41) is 13.4. The van der Waals surface area contributed by atoms with Crippen LogP contribution in [0.1, 0.15) is 52.0 Å². The van der Waals surface area contributed by atoms with Gasteiger partial charge in [-0.05, 0) is 41.9 Å². The summed E-state index contributed by atoms with van der Waals surface area (Å²) < 4.78 is 5.18. The molecule has 1 saturated carbocycles. The van der Waals surface area contributed by atoms with E-state index >= 15 is 0 Å². The highest BCUT2D eigenvalue weighted by atomic mass is 16.5. The van der Waals surface area contributed by atoms with Crippen molar-refractivity contribution >= 4 is 0 Å². The van der Waals surface area contributed by atoms with Gasteiger partial charge in [-0.25, -0.2) is 0 Å². The van der Waals surface area contributed by atoms with Crippen LogP contribution < -0.4 is 10.1 Å². The fourth-order valence-electron chi connectivity index (χ4n) is 3.49. The van der Waals surface area contributed by atoms with Crippen LogP contribution in [0.4, 0.5) is 0 Å². The second kappa shape index (κ2) is 6.69. The van der Waals surface area contributed by atoms with Crippen molar-refractivity contribution in [3.8, 4) is 11.5 Å². The molecule has 1 aromatic rings. The number of aromatic hydroxyl groups is 1. The van der Waals surface area contributed by atoms with Gasteiger partial charge in [0, 0.05) is 12.6 Å². The van der Waals surface area contributed by atoms with Crippen LogP contribution in [0.5, 0.6) is 11.5 Å². The molecule has 2 N–H and O–H groups in total. The van der Waals surface area contributed by atoms with Crippen LogP contribution in [0.15, 0.2) is 18.2 Å². The van der Waals surface area contributed by atoms with Crippen molar-refractivity contribution in [2.75, 3.05) is 7.11 Å². The Labute approximate surface area is 128 Å². The van der Waals surface area contributed by atoms with E-state index in [1.165, 1.54) is 25.7 Å². The van der Waals surface area contributed by atoms with Crippen molar-refractivity contribution in [1.29, 1.82) is 0 Å². The molecular weight excluding hydrogens is 262 g/mol. The third kappa shape index (κ3) is 4.13. The van der Waals surface area contributed by atoms with Crippen LogP contribution >= 0.6 is 0 Å². The lowest BCUT2D eigenvalue weighted by molar-refractivity contribution is 0.130. The van der Waals surface area contributed by atoms with Crippen LogP contribution in [-0.2, 0) is 6.54 Å². The molecular formula is C18H29NO2. The average Bonchev–Trinajstić information content (AvgIpc) is 2.45. The van der Waals surface area contributed by atoms with E-state index in [1.54, 1.807) is 13.2 Å². The Balaban J connectivity index is 2.00. The first kappa shape index (κ1) is 16.2. The van der Waals surface area contributed by atoms with Crippen molar-refractivity contribution in [1.82, 2.24) is 5.32 Å². The van der Waals surface area contributed by atoms with Gasteiger partial charge in [0.1, 0.15) is 0 Å². The van der Waals surface area contributed by atoms with Gasteiger partial charge < -0.3 is 15.2 Å². The number of hydrogen-bond acceptors (Lipinski definition) is 3. The average molecular weight is 291 g/mol. The zero-order valence-corrected chi connectivity index (χ0v) is 13.8. The Morgan fingerprint density at radius 2 is 1.95 bits per heavy atom. The topological polar surface area (TPSA) is 41.5 Å². The summed E-state index contributed by atoms with van der Waals surface area (Å²) in [5.74, 6) is 1.47. The summed E-state index contributed by atoms with van der Waals surface area (Å²) in [7, 11) is 1.59. The van der Waals surface area contributed by atoms with E-state index in [-0.39, 0.29) is 5.75 Å². The normalized spacial score (nSPS) is 23.0. The smallest absolute Gasteiger partial charge is 0.160 e. The Kier molecular flexibility index (Phi) is 5.15. The molecule has 2 atom stereocenters. The van der Waals surface area contributed by atoms with Crippen LogP contribution in [0.2, 0.25) is 0 Å². The minimum atomic E-state index is 0.200. The zero-order chi connectivity index (χ0) is 15.5. The predicted molar refractivity (Wildman–Crippen MR) is 86.7 cm³/mol. The van der Waals surface area contributed by atoms with Crippen molar-refractivity contribution in [3.63, 3.8) is 0 Å². The number of hydrogen-bond donors (Lipinski definition) is 2. The lowest BCUT2D eigenvalue weighted by Crippen LogP contribution is -2.43. The highest BCUT2D eigenvalue weighted by Gasteiger charge is 2.33. The molecule has 0 radical (unpaired) electrons. The minimum Gasteiger partial charge on any atom is -0.504 e. The SMILES string of the molecule is COc1cc(CNC2CCCCC2C(C)(C)C)ccc1O. The van der Waals surface area contributed by atoms with Gasteiger partial charge in [0.15, 0.2) is 11.5 Å². The summed E-state index contributed by atoms with van der Waals surface area (Å²) in [6, 6.07) is 6.16. The molecule has 0 bridgehead atoms. The van der Waals surface area contributed by atoms with E-state index in [4.69, 9.17) is 4.74 Å². The first-order chi connectivity index (χ1) is 9.91. The quantitative estimate of drug-likeness (QED) is 0.877. The molecule has 2 unspecified atom stereocenters. The summed E-state index contributed by atoms with van der Waals surface area (Å²) in [4.78, 5) is 0. The molecule has 0 amide bonds. The molecule has 0 aromatic heterocycles. The van der Waals surface area contributed by atoms with Gasteiger partial charge in [-0.3, -0.25) is 0 Å². The molecule has 1 aliphatic rings. The largest absolute Gasteiger partial charge is 0.504 e. The van der Waals surface area contributed by atoms with E-state index in [1.807, 2.05) is 12.1 Å². The fraction of sp³-hybridized carbons (Fsp3) is 0.667. The number of rotatable bonds is 4. The molecule has 0 heterocycles. The van der Waals surface area contributed by atoms with Crippen LogP contribution in [0, 0.1) is 11.3 Å². The lowest BCUT2D eigenvalue weighted by atomic mass is 9.69. The first-order valence-electron chi connectivity index (χ1n) is 8.01. The number of benzene rings is 1. The van der Waals surface area contributed by atoms with Crippen molar-refractivity contribution < 1.29 is 9.84 Å². The predicted octanol–water partition coefficient (Wildman–Crippen LogP) is 4.10. The van der Waals surface area contributed by atoms with Crippen molar-refractivity contribution in [3.05, 3.63) is 23.8 Å². The number of methoxy groups -OCH3 is 1. The third-order valence-corrected chi connectivity index (χ3v) is 4.69. The molecule has 2 rings (SSSR count). The van der Waals surface area contributed by atoms with Gasteiger partial charge >= 0.3 is 0 Å². The maximum Gasteiger partial charge on any atom is 0.160 e. The van der Waals surface area contributed by atoms with Crippen LogP contribution in [0.3, 0.4) is 0 Å². The monoisotopic (exact) mass is 291 g/mol. The van der Waals surface area contributed by atoms with E-state index < -0.39 is 0 Å². The van der Waals surface area contributed by atoms with Crippen molar-refractivity contribution in [2.24, 2.45) is 11.3 Å². The van der Waals surface area contributed by atoms with Crippen LogP contribution in [0.25, 0.3) is 0 Å². The molecule has 1 aromatic carbocycles. The number of phenols is 1. The minimum absolute atomic E-state index is 0.200. The second-order valence-corrected chi connectivity index (χ2v) is 7.25. The summed E-state index contributed by atoms with van der Waals surface area (Å²) in [5.41, 5.74) is 1.51. The van der Waals surface area contributed by atoms with Crippen molar-refractivity contribution in [2.45, 2.75) is 59.0 Å².